The van der Waals surface area contributed by atoms with Crippen LogP contribution in [0.3, 0.4) is 0 Å². The van der Waals surface area contributed by atoms with E-state index in [9.17, 15) is 0 Å². The van der Waals surface area contributed by atoms with E-state index in [-0.39, 0.29) is 0 Å². The van der Waals surface area contributed by atoms with Crippen LogP contribution >= 0.6 is 12.2 Å². The van der Waals surface area contributed by atoms with Crippen molar-refractivity contribution < 1.29 is 4.42 Å². The second-order valence-electron chi connectivity index (χ2n) is 7.41. The summed E-state index contributed by atoms with van der Waals surface area (Å²) >= 11 is 5.46. The number of nitrogens with zero attached hydrogens (tertiary/aromatic N) is 1. The van der Waals surface area contributed by atoms with Crippen LogP contribution in [0.25, 0.3) is 0 Å². The Morgan fingerprint density at radius 1 is 1.35 bits per heavy atom. The van der Waals surface area contributed by atoms with Crippen molar-refractivity contribution in [1.82, 2.24) is 15.5 Å². The number of rotatable bonds is 5. The van der Waals surface area contributed by atoms with Crippen molar-refractivity contribution in [3.05, 3.63) is 24.2 Å². The Morgan fingerprint density at radius 2 is 2.09 bits per heavy atom. The molecular formula is C18H29N3OS. The van der Waals surface area contributed by atoms with E-state index in [0.29, 0.717) is 24.0 Å². The summed E-state index contributed by atoms with van der Waals surface area (Å²) in [5.41, 5.74) is 0. The van der Waals surface area contributed by atoms with Crippen molar-refractivity contribution in [2.24, 2.45) is 5.92 Å². The van der Waals surface area contributed by atoms with Crippen molar-refractivity contribution >= 4 is 17.3 Å². The minimum Gasteiger partial charge on any atom is -0.468 e. The molecule has 0 aliphatic carbocycles. The molecule has 2 N–H and O–H groups in total. The van der Waals surface area contributed by atoms with Gasteiger partial charge in [0.1, 0.15) is 5.76 Å². The molecule has 1 aromatic rings. The van der Waals surface area contributed by atoms with Gasteiger partial charge in [0.05, 0.1) is 12.8 Å². The van der Waals surface area contributed by atoms with Crippen molar-refractivity contribution in [2.45, 2.75) is 70.6 Å². The first-order valence-corrected chi connectivity index (χ1v) is 9.35. The normalized spacial score (nSPS) is 27.9. The van der Waals surface area contributed by atoms with E-state index < -0.39 is 0 Å². The van der Waals surface area contributed by atoms with E-state index >= 15 is 0 Å². The van der Waals surface area contributed by atoms with E-state index in [1.807, 2.05) is 6.07 Å². The monoisotopic (exact) mass is 335 g/mol. The van der Waals surface area contributed by atoms with Gasteiger partial charge in [-0.15, -0.1) is 0 Å². The molecule has 3 rings (SSSR count). The number of furan rings is 1. The van der Waals surface area contributed by atoms with Gasteiger partial charge in [0.2, 0.25) is 0 Å². The van der Waals surface area contributed by atoms with E-state index in [1.54, 1.807) is 6.26 Å². The van der Waals surface area contributed by atoms with E-state index in [1.165, 1.54) is 32.1 Å². The zero-order chi connectivity index (χ0) is 16.2. The molecule has 2 bridgehead atoms. The second kappa shape index (κ2) is 7.67. The van der Waals surface area contributed by atoms with E-state index in [2.05, 4.69) is 35.4 Å². The molecule has 0 aromatic carbocycles. The Labute approximate surface area is 145 Å². The van der Waals surface area contributed by atoms with Crippen LogP contribution in [0, 0.1) is 5.92 Å². The molecule has 0 amide bonds. The molecule has 0 radical (unpaired) electrons. The number of fused-ring (bicyclic) bond motifs is 2. The van der Waals surface area contributed by atoms with Crippen LogP contribution in [0.1, 0.15) is 51.7 Å². The fourth-order valence-corrected chi connectivity index (χ4v) is 4.22. The molecule has 128 valence electrons. The van der Waals surface area contributed by atoms with Crippen molar-refractivity contribution in [1.29, 1.82) is 0 Å². The molecule has 23 heavy (non-hydrogen) atoms. The summed E-state index contributed by atoms with van der Waals surface area (Å²) in [6.45, 7) is 6.29. The average molecular weight is 336 g/mol. The maximum absolute atomic E-state index is 5.56. The first kappa shape index (κ1) is 16.8. The number of thiocarbonyl (C=S) groups is 1. The lowest BCUT2D eigenvalue weighted by Gasteiger charge is -2.48. The maximum atomic E-state index is 5.56. The van der Waals surface area contributed by atoms with Gasteiger partial charge in [-0.1, -0.05) is 20.3 Å². The number of hydrogen-bond donors (Lipinski definition) is 2. The molecule has 0 saturated carbocycles. The van der Waals surface area contributed by atoms with Crippen molar-refractivity contribution in [3.8, 4) is 0 Å². The summed E-state index contributed by atoms with van der Waals surface area (Å²) in [7, 11) is 0. The lowest BCUT2D eigenvalue weighted by atomic mass is 9.81. The summed E-state index contributed by atoms with van der Waals surface area (Å²) in [5, 5.41) is 7.71. The van der Waals surface area contributed by atoms with Crippen LogP contribution in [0.5, 0.6) is 0 Å². The Kier molecular flexibility index (Phi) is 5.59. The maximum Gasteiger partial charge on any atom is 0.166 e. The van der Waals surface area contributed by atoms with Crippen LogP contribution < -0.4 is 10.6 Å². The predicted molar refractivity (Wildman–Crippen MR) is 97.3 cm³/mol. The molecule has 2 fully saturated rings. The first-order valence-electron chi connectivity index (χ1n) is 8.94. The summed E-state index contributed by atoms with van der Waals surface area (Å²) in [4.78, 5) is 2.66. The topological polar surface area (TPSA) is 40.4 Å². The van der Waals surface area contributed by atoms with Gasteiger partial charge < -0.3 is 15.1 Å². The third-order valence-electron chi connectivity index (χ3n) is 5.05. The molecular weight excluding hydrogens is 306 g/mol. The Morgan fingerprint density at radius 3 is 2.70 bits per heavy atom. The van der Waals surface area contributed by atoms with Gasteiger partial charge in [0, 0.05) is 24.7 Å². The highest BCUT2D eigenvalue weighted by atomic mass is 32.1. The molecule has 2 aliphatic rings. The summed E-state index contributed by atoms with van der Waals surface area (Å²) in [5.74, 6) is 1.70. The van der Waals surface area contributed by atoms with Gasteiger partial charge in [-0.25, -0.2) is 0 Å². The van der Waals surface area contributed by atoms with Gasteiger partial charge in [-0.3, -0.25) is 4.90 Å². The molecule has 2 aliphatic heterocycles. The number of nitrogens with one attached hydrogen (secondary N) is 2. The lowest BCUT2D eigenvalue weighted by molar-refractivity contribution is 0.0160. The van der Waals surface area contributed by atoms with Crippen LogP contribution in [0.2, 0.25) is 0 Å². The van der Waals surface area contributed by atoms with Gasteiger partial charge in [-0.2, -0.15) is 0 Å². The number of hydrogen-bond acceptors (Lipinski definition) is 3. The molecule has 2 unspecified atom stereocenters. The van der Waals surface area contributed by atoms with Gasteiger partial charge in [-0.05, 0) is 56.0 Å². The zero-order valence-electron chi connectivity index (χ0n) is 14.3. The Balaban J connectivity index is 1.54. The second-order valence-corrected chi connectivity index (χ2v) is 7.82. The highest BCUT2D eigenvalue weighted by Gasteiger charge is 2.38. The standard InChI is InChI=1S/C18H29N3OS/c1-13(2)11-19-18(23)20-14-9-15-5-3-6-16(10-14)21(15)12-17-7-4-8-22-17/h4,7-8,13-16H,3,5-6,9-12H2,1-2H3,(H2,19,20,23). The summed E-state index contributed by atoms with van der Waals surface area (Å²) in [6, 6.07) is 5.88. The smallest absolute Gasteiger partial charge is 0.166 e. The zero-order valence-corrected chi connectivity index (χ0v) is 15.1. The highest BCUT2D eigenvalue weighted by molar-refractivity contribution is 7.80. The molecule has 5 heteroatoms. The molecule has 0 spiro atoms. The Hall–Kier alpha value is -1.07. The molecule has 1 aromatic heterocycles. The predicted octanol–water partition coefficient (Wildman–Crippen LogP) is 3.29. The average Bonchev–Trinajstić information content (AvgIpc) is 2.99. The van der Waals surface area contributed by atoms with Gasteiger partial charge in [0.15, 0.2) is 5.11 Å². The fraction of sp³-hybridized carbons (Fsp3) is 0.722. The van der Waals surface area contributed by atoms with Crippen molar-refractivity contribution in [3.63, 3.8) is 0 Å². The van der Waals surface area contributed by atoms with Crippen LogP contribution in [-0.2, 0) is 6.54 Å². The highest BCUT2D eigenvalue weighted by Crippen LogP contribution is 2.35. The summed E-state index contributed by atoms with van der Waals surface area (Å²) < 4.78 is 5.56. The molecule has 4 nitrogen and oxygen atoms in total. The van der Waals surface area contributed by atoms with Crippen LogP contribution in [0.4, 0.5) is 0 Å². The third kappa shape index (κ3) is 4.48. The minimum atomic E-state index is 0.505. The number of piperidine rings is 2. The lowest BCUT2D eigenvalue weighted by Crippen LogP contribution is -2.57. The van der Waals surface area contributed by atoms with E-state index in [4.69, 9.17) is 16.6 Å². The van der Waals surface area contributed by atoms with Crippen molar-refractivity contribution in [2.75, 3.05) is 6.54 Å². The fourth-order valence-electron chi connectivity index (χ4n) is 3.97. The third-order valence-corrected chi connectivity index (χ3v) is 5.31. The molecule has 2 atom stereocenters. The van der Waals surface area contributed by atoms with Gasteiger partial charge in [0.25, 0.3) is 0 Å². The first-order chi connectivity index (χ1) is 11.1. The Bertz CT molecular complexity index is 488. The quantitative estimate of drug-likeness (QED) is 0.808. The minimum absolute atomic E-state index is 0.505. The summed E-state index contributed by atoms with van der Waals surface area (Å²) in [6.07, 6.45) is 8.08. The SMILES string of the molecule is CC(C)CNC(=S)NC1CC2CCCC(C1)N2Cc1ccco1. The largest absolute Gasteiger partial charge is 0.468 e. The molecule has 2 saturated heterocycles. The molecule has 3 heterocycles. The van der Waals surface area contributed by atoms with Crippen LogP contribution in [0.15, 0.2) is 22.8 Å². The van der Waals surface area contributed by atoms with Crippen LogP contribution in [-0.4, -0.2) is 34.7 Å². The van der Waals surface area contributed by atoms with Gasteiger partial charge >= 0.3 is 0 Å². The van der Waals surface area contributed by atoms with E-state index in [0.717, 1.165) is 24.0 Å².